The molecule has 1 fully saturated rings. The van der Waals surface area contributed by atoms with E-state index < -0.39 is 0 Å². The molecule has 0 aliphatic carbocycles. The zero-order valence-electron chi connectivity index (χ0n) is 8.40. The first-order chi connectivity index (χ1) is 7.34. The van der Waals surface area contributed by atoms with Crippen molar-refractivity contribution in [3.8, 4) is 0 Å². The molecule has 1 aromatic rings. The maximum absolute atomic E-state index is 11.0. The Morgan fingerprint density at radius 3 is 2.87 bits per heavy atom. The summed E-state index contributed by atoms with van der Waals surface area (Å²) in [6.07, 6.45) is 0.402. The summed E-state index contributed by atoms with van der Waals surface area (Å²) in [5.41, 5.74) is 6.47. The van der Waals surface area contributed by atoms with Gasteiger partial charge in [0.1, 0.15) is 0 Å². The van der Waals surface area contributed by atoms with Gasteiger partial charge in [-0.15, -0.1) is 0 Å². The van der Waals surface area contributed by atoms with Crippen LogP contribution in [0, 0.1) is 0 Å². The van der Waals surface area contributed by atoms with E-state index >= 15 is 0 Å². The van der Waals surface area contributed by atoms with Gasteiger partial charge in [-0.3, -0.25) is 10.2 Å². The molecule has 4 nitrogen and oxygen atoms in total. The van der Waals surface area contributed by atoms with E-state index in [1.54, 1.807) is 0 Å². The molecule has 0 radical (unpaired) electrons. The highest BCUT2D eigenvalue weighted by Gasteiger charge is 2.18. The summed E-state index contributed by atoms with van der Waals surface area (Å²) in [4.78, 5) is 11.0. The molecule has 1 saturated heterocycles. The minimum absolute atomic E-state index is 0.0145. The lowest BCUT2D eigenvalue weighted by Crippen LogP contribution is -2.49. The first-order valence-corrected chi connectivity index (χ1v) is 5.02. The predicted molar refractivity (Wildman–Crippen MR) is 55.8 cm³/mol. The third-order valence-corrected chi connectivity index (χ3v) is 2.30. The lowest BCUT2D eigenvalue weighted by atomic mass is 10.2. The second-order valence-corrected chi connectivity index (χ2v) is 3.55. The van der Waals surface area contributed by atoms with Gasteiger partial charge >= 0.3 is 0 Å². The molecule has 0 aromatic heterocycles. The van der Waals surface area contributed by atoms with Crippen LogP contribution in [0.2, 0.25) is 0 Å². The largest absolute Gasteiger partial charge is 0.372 e. The van der Waals surface area contributed by atoms with Crippen molar-refractivity contribution in [2.75, 3.05) is 6.54 Å². The van der Waals surface area contributed by atoms with Crippen LogP contribution in [0.15, 0.2) is 30.3 Å². The third-order valence-electron chi connectivity index (χ3n) is 2.30. The van der Waals surface area contributed by atoms with Crippen LogP contribution in [0.1, 0.15) is 12.0 Å². The highest BCUT2D eigenvalue weighted by molar-refractivity contribution is 5.76. The van der Waals surface area contributed by atoms with E-state index in [1.165, 1.54) is 0 Å². The van der Waals surface area contributed by atoms with E-state index in [2.05, 4.69) is 10.9 Å². The van der Waals surface area contributed by atoms with Crippen LogP contribution >= 0.6 is 0 Å². The third kappa shape index (κ3) is 3.04. The van der Waals surface area contributed by atoms with Gasteiger partial charge in [0.25, 0.3) is 0 Å². The average Bonchev–Trinajstić information content (AvgIpc) is 2.28. The molecule has 80 valence electrons. The molecule has 15 heavy (non-hydrogen) atoms. The molecule has 1 amide bonds. The van der Waals surface area contributed by atoms with Crippen LogP contribution in [0.5, 0.6) is 0 Å². The molecule has 0 spiro atoms. The van der Waals surface area contributed by atoms with Crippen molar-refractivity contribution >= 4 is 5.91 Å². The van der Waals surface area contributed by atoms with Gasteiger partial charge in [-0.1, -0.05) is 30.3 Å². The van der Waals surface area contributed by atoms with Crippen molar-refractivity contribution < 1.29 is 9.53 Å². The van der Waals surface area contributed by atoms with Crippen LogP contribution in [-0.4, -0.2) is 18.6 Å². The normalized spacial score (nSPS) is 21.1. The molecule has 1 heterocycles. The first kappa shape index (κ1) is 10.1. The highest BCUT2D eigenvalue weighted by atomic mass is 16.5. The van der Waals surface area contributed by atoms with Gasteiger partial charge in [0, 0.05) is 6.54 Å². The van der Waals surface area contributed by atoms with Crippen LogP contribution in [0.4, 0.5) is 0 Å². The van der Waals surface area contributed by atoms with Gasteiger partial charge in [0.15, 0.2) is 0 Å². The summed E-state index contributed by atoms with van der Waals surface area (Å²) in [7, 11) is 0. The Morgan fingerprint density at radius 1 is 1.33 bits per heavy atom. The Bertz CT molecular complexity index is 327. The number of carbonyl (C=O) groups excluding carboxylic acids is 1. The number of nitrogens with one attached hydrogen (secondary N) is 2. The van der Waals surface area contributed by atoms with Gasteiger partial charge in [0.05, 0.1) is 19.1 Å². The van der Waals surface area contributed by atoms with E-state index in [4.69, 9.17) is 4.74 Å². The van der Waals surface area contributed by atoms with Crippen molar-refractivity contribution in [3.63, 3.8) is 0 Å². The molecule has 1 aliphatic heterocycles. The highest BCUT2D eigenvalue weighted by Crippen LogP contribution is 2.06. The maximum Gasteiger partial charge on any atom is 0.236 e. The quantitative estimate of drug-likeness (QED) is 0.761. The minimum Gasteiger partial charge on any atom is -0.372 e. The van der Waals surface area contributed by atoms with Crippen molar-refractivity contribution in [2.24, 2.45) is 0 Å². The second kappa shape index (κ2) is 4.91. The molecule has 1 aliphatic rings. The Balaban J connectivity index is 1.80. The fourth-order valence-corrected chi connectivity index (χ4v) is 1.50. The number of hydrazine groups is 1. The number of benzene rings is 1. The van der Waals surface area contributed by atoms with E-state index in [1.807, 2.05) is 30.3 Å². The summed E-state index contributed by atoms with van der Waals surface area (Å²) < 4.78 is 5.62. The Kier molecular flexibility index (Phi) is 3.32. The van der Waals surface area contributed by atoms with Crippen molar-refractivity contribution in [2.45, 2.75) is 19.1 Å². The fourth-order valence-electron chi connectivity index (χ4n) is 1.50. The molecule has 1 atom stereocenters. The maximum atomic E-state index is 11.0. The van der Waals surface area contributed by atoms with E-state index in [0.29, 0.717) is 19.6 Å². The standard InChI is InChI=1S/C11H14N2O2/c14-11-6-10(7-12-13-11)15-8-9-4-2-1-3-5-9/h1-5,10,12H,6-8H2,(H,13,14). The summed E-state index contributed by atoms with van der Waals surface area (Å²) in [6, 6.07) is 9.95. The van der Waals surface area contributed by atoms with Crippen LogP contribution in [0.3, 0.4) is 0 Å². The van der Waals surface area contributed by atoms with E-state index in [0.717, 1.165) is 5.56 Å². The first-order valence-electron chi connectivity index (χ1n) is 5.02. The molecular weight excluding hydrogens is 192 g/mol. The molecule has 0 bridgehead atoms. The lowest BCUT2D eigenvalue weighted by Gasteiger charge is -2.23. The monoisotopic (exact) mass is 206 g/mol. The van der Waals surface area contributed by atoms with E-state index in [-0.39, 0.29) is 12.0 Å². The Labute approximate surface area is 88.6 Å². The molecule has 1 aromatic carbocycles. The Morgan fingerprint density at radius 2 is 2.13 bits per heavy atom. The van der Waals surface area contributed by atoms with E-state index in [9.17, 15) is 4.79 Å². The molecule has 4 heteroatoms. The molecular formula is C11H14N2O2. The zero-order chi connectivity index (χ0) is 10.5. The van der Waals surface area contributed by atoms with Gasteiger partial charge < -0.3 is 4.74 Å². The van der Waals surface area contributed by atoms with Gasteiger partial charge in [0.2, 0.25) is 5.91 Å². The number of rotatable bonds is 3. The smallest absolute Gasteiger partial charge is 0.236 e. The number of ether oxygens (including phenoxy) is 1. The van der Waals surface area contributed by atoms with Crippen LogP contribution < -0.4 is 10.9 Å². The Hall–Kier alpha value is -1.39. The van der Waals surface area contributed by atoms with Crippen LogP contribution in [0.25, 0.3) is 0 Å². The average molecular weight is 206 g/mol. The van der Waals surface area contributed by atoms with Crippen molar-refractivity contribution in [1.82, 2.24) is 10.9 Å². The van der Waals surface area contributed by atoms with Crippen molar-refractivity contribution in [3.05, 3.63) is 35.9 Å². The van der Waals surface area contributed by atoms with Gasteiger partial charge in [-0.05, 0) is 5.56 Å². The number of amides is 1. The lowest BCUT2D eigenvalue weighted by molar-refractivity contribution is -0.128. The molecule has 2 N–H and O–H groups in total. The zero-order valence-corrected chi connectivity index (χ0v) is 8.40. The predicted octanol–water partition coefficient (Wildman–Crippen LogP) is 0.596. The number of carbonyl (C=O) groups is 1. The second-order valence-electron chi connectivity index (χ2n) is 3.55. The molecule has 1 unspecified atom stereocenters. The van der Waals surface area contributed by atoms with Gasteiger partial charge in [-0.2, -0.15) is 0 Å². The number of hydrogen-bond donors (Lipinski definition) is 2. The minimum atomic E-state index is -0.0287. The summed E-state index contributed by atoms with van der Waals surface area (Å²) in [6.45, 7) is 1.22. The molecule has 2 rings (SSSR count). The summed E-state index contributed by atoms with van der Waals surface area (Å²) in [5.74, 6) is -0.0145. The number of hydrogen-bond acceptors (Lipinski definition) is 3. The topological polar surface area (TPSA) is 50.4 Å². The van der Waals surface area contributed by atoms with Gasteiger partial charge in [-0.25, -0.2) is 5.43 Å². The molecule has 0 saturated carbocycles. The SMILES string of the molecule is O=C1CC(OCc2ccccc2)CNN1. The van der Waals surface area contributed by atoms with Crippen LogP contribution in [-0.2, 0) is 16.1 Å². The summed E-state index contributed by atoms with van der Waals surface area (Å²) >= 11 is 0. The van der Waals surface area contributed by atoms with Crippen molar-refractivity contribution in [1.29, 1.82) is 0 Å². The summed E-state index contributed by atoms with van der Waals surface area (Å²) in [5, 5.41) is 0. The fraction of sp³-hybridized carbons (Fsp3) is 0.364.